The molecule has 0 amide bonds. The van der Waals surface area contributed by atoms with Gasteiger partial charge in [0.2, 0.25) is 0 Å². The number of ether oxygens (including phenoxy) is 3. The number of nitrogens with zero attached hydrogens (tertiary/aromatic N) is 1. The summed E-state index contributed by atoms with van der Waals surface area (Å²) in [6, 6.07) is 0. The van der Waals surface area contributed by atoms with Gasteiger partial charge in [-0.1, -0.05) is 79.9 Å². The summed E-state index contributed by atoms with van der Waals surface area (Å²) in [6.07, 6.45) is 11.4. The van der Waals surface area contributed by atoms with Crippen LogP contribution in [0.15, 0.2) is 36.1 Å². The predicted molar refractivity (Wildman–Crippen MR) is 156 cm³/mol. The Hall–Kier alpha value is -1.54. The van der Waals surface area contributed by atoms with Gasteiger partial charge in [0, 0.05) is 38.6 Å². The summed E-state index contributed by atoms with van der Waals surface area (Å²) in [5.74, 6) is 6.38. The lowest BCUT2D eigenvalue weighted by molar-refractivity contribution is -0.124. The molecular weight excluding hydrogens is 434 g/mol. The van der Waals surface area contributed by atoms with E-state index in [0.29, 0.717) is 18.3 Å². The molecule has 0 aromatic heterocycles. The van der Waals surface area contributed by atoms with Crippen molar-refractivity contribution < 1.29 is 14.2 Å². The molecule has 1 heterocycles. The van der Waals surface area contributed by atoms with E-state index in [1.54, 1.807) is 14.2 Å². The molecule has 0 spiro atoms. The summed E-state index contributed by atoms with van der Waals surface area (Å²) in [7, 11) is 3.46. The number of piperidine rings is 1. The van der Waals surface area contributed by atoms with Gasteiger partial charge in [-0.25, -0.2) is 0 Å². The fourth-order valence-electron chi connectivity index (χ4n) is 3.27. The summed E-state index contributed by atoms with van der Waals surface area (Å²) in [6.45, 7) is 27.8. The van der Waals surface area contributed by atoms with Crippen LogP contribution in [0.1, 0.15) is 102 Å². The third-order valence-electron chi connectivity index (χ3n) is 5.30. The third kappa shape index (κ3) is 16.7. The molecule has 0 radical (unpaired) electrons. The lowest BCUT2D eigenvalue weighted by Crippen LogP contribution is -2.43. The van der Waals surface area contributed by atoms with Crippen LogP contribution in [-0.2, 0) is 14.2 Å². The quantitative estimate of drug-likeness (QED) is 0.264. The fraction of sp³-hybridized carbons (Fsp3) is 0.742. The van der Waals surface area contributed by atoms with Gasteiger partial charge in [0.15, 0.2) is 0 Å². The van der Waals surface area contributed by atoms with Crippen molar-refractivity contribution in [3.05, 3.63) is 36.1 Å². The second kappa shape index (κ2) is 24.2. The number of hydrogen-bond acceptors (Lipinski definition) is 4. The molecule has 4 nitrogen and oxygen atoms in total. The number of methoxy groups -OCH3 is 2. The highest BCUT2D eigenvalue weighted by Gasteiger charge is 2.33. The van der Waals surface area contributed by atoms with Crippen LogP contribution in [-0.4, -0.2) is 56.1 Å². The van der Waals surface area contributed by atoms with E-state index in [0.717, 1.165) is 50.0 Å². The molecule has 0 unspecified atom stereocenters. The zero-order valence-corrected chi connectivity index (χ0v) is 25.6. The Morgan fingerprint density at radius 1 is 0.886 bits per heavy atom. The Balaban J connectivity index is -0.00000116. The molecule has 2 fully saturated rings. The molecule has 0 bridgehead atoms. The summed E-state index contributed by atoms with van der Waals surface area (Å²) >= 11 is 0. The van der Waals surface area contributed by atoms with Gasteiger partial charge in [0.25, 0.3) is 0 Å². The van der Waals surface area contributed by atoms with Crippen LogP contribution in [0.5, 0.6) is 0 Å². The smallest absolute Gasteiger partial charge is 0.123 e. The van der Waals surface area contributed by atoms with Gasteiger partial charge in [0.05, 0.1) is 18.3 Å². The molecule has 4 heteroatoms. The van der Waals surface area contributed by atoms with Crippen molar-refractivity contribution in [1.82, 2.24) is 4.90 Å². The molecule has 206 valence electrons. The summed E-state index contributed by atoms with van der Waals surface area (Å²) in [5, 5.41) is 0. The van der Waals surface area contributed by atoms with Crippen molar-refractivity contribution in [3.63, 3.8) is 0 Å². The number of hydrogen-bond donors (Lipinski definition) is 0. The Morgan fingerprint density at radius 2 is 1.40 bits per heavy atom. The zero-order valence-electron chi connectivity index (χ0n) is 25.6. The van der Waals surface area contributed by atoms with Gasteiger partial charge in [-0.2, -0.15) is 0 Å². The van der Waals surface area contributed by atoms with E-state index >= 15 is 0 Å². The van der Waals surface area contributed by atoms with Crippen molar-refractivity contribution in [2.45, 2.75) is 126 Å². The number of allylic oxidation sites excluding steroid dienone is 4. The van der Waals surface area contributed by atoms with Gasteiger partial charge in [-0.3, -0.25) is 0 Å². The summed E-state index contributed by atoms with van der Waals surface area (Å²) < 4.78 is 16.9. The normalized spacial score (nSPS) is 19.9. The Morgan fingerprint density at radius 3 is 1.83 bits per heavy atom. The minimum Gasteiger partial charge on any atom is -0.381 e. The molecule has 0 atom stereocenters. The molecule has 35 heavy (non-hydrogen) atoms. The lowest BCUT2D eigenvalue weighted by atomic mass is 9.91. The molecule has 0 aromatic carbocycles. The molecule has 1 saturated heterocycles. The molecule has 1 aliphatic carbocycles. The van der Waals surface area contributed by atoms with E-state index in [2.05, 4.69) is 35.5 Å². The van der Waals surface area contributed by atoms with E-state index in [-0.39, 0.29) is 0 Å². The van der Waals surface area contributed by atoms with Crippen molar-refractivity contribution in [2.75, 3.05) is 27.3 Å². The van der Waals surface area contributed by atoms with Gasteiger partial charge in [0.1, 0.15) is 5.60 Å². The van der Waals surface area contributed by atoms with Crippen LogP contribution in [0.25, 0.3) is 0 Å². The van der Waals surface area contributed by atoms with Crippen LogP contribution in [0, 0.1) is 11.8 Å². The molecule has 1 saturated carbocycles. The second-order valence-electron chi connectivity index (χ2n) is 7.89. The lowest BCUT2D eigenvalue weighted by Gasteiger charge is -2.40. The standard InChI is InChI=1S/C23H35NO3.4C2H6/c1-7-8-19(15-18(2)9-12-23(3,4)26-6)24-13-10-20(11-14-24)27-22-16-21(17-22)25-5;4*1-2/h7-8,15,20-22H,1,10-11,13-14,16-17H2,2-6H3;4*1-2H3/b18-15+,19-8+;;;;. The molecule has 2 rings (SSSR count). The Kier molecular flexibility index (Phi) is 26.2. The fourth-order valence-corrected chi connectivity index (χ4v) is 3.27. The minimum atomic E-state index is -0.434. The van der Waals surface area contributed by atoms with E-state index in [1.165, 1.54) is 0 Å². The highest BCUT2D eigenvalue weighted by molar-refractivity contribution is 5.36. The maximum atomic E-state index is 6.22. The van der Waals surface area contributed by atoms with Crippen molar-refractivity contribution in [2.24, 2.45) is 0 Å². The van der Waals surface area contributed by atoms with Crippen LogP contribution >= 0.6 is 0 Å². The zero-order chi connectivity index (χ0) is 27.9. The van der Waals surface area contributed by atoms with E-state index < -0.39 is 5.60 Å². The van der Waals surface area contributed by atoms with E-state index in [9.17, 15) is 0 Å². The Bertz CT molecular complexity index is 611. The first-order valence-corrected chi connectivity index (χ1v) is 13.9. The van der Waals surface area contributed by atoms with Crippen molar-refractivity contribution in [1.29, 1.82) is 0 Å². The van der Waals surface area contributed by atoms with E-state index in [4.69, 9.17) is 14.2 Å². The summed E-state index contributed by atoms with van der Waals surface area (Å²) in [5.41, 5.74) is 1.75. The van der Waals surface area contributed by atoms with Gasteiger partial charge in [-0.15, -0.1) is 0 Å². The van der Waals surface area contributed by atoms with E-state index in [1.807, 2.05) is 82.2 Å². The van der Waals surface area contributed by atoms with Gasteiger partial charge < -0.3 is 19.1 Å². The third-order valence-corrected chi connectivity index (χ3v) is 5.30. The summed E-state index contributed by atoms with van der Waals surface area (Å²) in [4.78, 5) is 2.40. The highest BCUT2D eigenvalue weighted by Crippen LogP contribution is 2.29. The SMILES string of the molecule is C=C/C=C(\C=C(/C)C#CC(C)(C)OC)N1CCC(OC2CC(OC)C2)CC1.CC.CC.CC.CC. The minimum absolute atomic E-state index is 0.362. The first-order valence-electron chi connectivity index (χ1n) is 13.9. The first kappa shape index (κ1) is 38.0. The van der Waals surface area contributed by atoms with Crippen LogP contribution < -0.4 is 0 Å². The topological polar surface area (TPSA) is 30.9 Å². The molecule has 0 N–H and O–H groups in total. The monoisotopic (exact) mass is 493 g/mol. The molecule has 1 aliphatic heterocycles. The molecular formula is C31H59NO3. The van der Waals surface area contributed by atoms with Crippen LogP contribution in [0.2, 0.25) is 0 Å². The average molecular weight is 494 g/mol. The molecule has 0 aromatic rings. The Labute approximate surface area is 220 Å². The first-order chi connectivity index (χ1) is 16.9. The largest absolute Gasteiger partial charge is 0.381 e. The van der Waals surface area contributed by atoms with Crippen LogP contribution in [0.3, 0.4) is 0 Å². The van der Waals surface area contributed by atoms with Crippen molar-refractivity contribution >= 4 is 0 Å². The second-order valence-corrected chi connectivity index (χ2v) is 7.89. The highest BCUT2D eigenvalue weighted by atomic mass is 16.5. The maximum absolute atomic E-state index is 6.22. The number of likely N-dealkylation sites (tertiary alicyclic amines) is 1. The average Bonchev–Trinajstić information content (AvgIpc) is 2.89. The number of rotatable bonds is 7. The van der Waals surface area contributed by atoms with Crippen molar-refractivity contribution in [3.8, 4) is 11.8 Å². The van der Waals surface area contributed by atoms with Gasteiger partial charge in [-0.05, 0) is 58.6 Å². The maximum Gasteiger partial charge on any atom is 0.123 e. The predicted octanol–water partition coefficient (Wildman–Crippen LogP) is 8.19. The van der Waals surface area contributed by atoms with Gasteiger partial charge >= 0.3 is 0 Å². The van der Waals surface area contributed by atoms with Crippen LogP contribution in [0.4, 0.5) is 0 Å². The molecule has 2 aliphatic rings.